The van der Waals surface area contributed by atoms with Gasteiger partial charge >= 0.3 is 0 Å². The normalized spacial score (nSPS) is 17.5. The third kappa shape index (κ3) is 2.94. The molecule has 0 saturated carbocycles. The first-order chi connectivity index (χ1) is 10.3. The lowest BCUT2D eigenvalue weighted by Gasteiger charge is -2.50. The number of benzene rings is 2. The average molecular weight is 296 g/mol. The molecule has 0 bridgehead atoms. The average Bonchev–Trinajstić information content (AvgIpc) is 2.53. The van der Waals surface area contributed by atoms with E-state index in [1.54, 1.807) is 0 Å². The first kappa shape index (κ1) is 16.7. The van der Waals surface area contributed by atoms with Crippen molar-refractivity contribution in [2.75, 3.05) is 0 Å². The maximum atomic E-state index is 7.00. The molecule has 0 fully saturated rings. The Morgan fingerprint density at radius 1 is 0.682 bits per heavy atom. The molecule has 0 amide bonds. The van der Waals surface area contributed by atoms with Gasteiger partial charge in [0.05, 0.1) is 0 Å². The van der Waals surface area contributed by atoms with Crippen LogP contribution in [-0.2, 0) is 0 Å². The lowest BCUT2D eigenvalue weighted by Crippen LogP contribution is -2.67. The minimum atomic E-state index is -0.560. The zero-order valence-electron chi connectivity index (χ0n) is 14.1. The third-order valence-electron chi connectivity index (χ3n) is 5.15. The van der Waals surface area contributed by atoms with Gasteiger partial charge in [-0.15, -0.1) is 0 Å². The molecule has 0 saturated heterocycles. The molecular formula is C20H28N2. The monoisotopic (exact) mass is 296 g/mol. The van der Waals surface area contributed by atoms with Crippen molar-refractivity contribution in [3.05, 3.63) is 71.8 Å². The van der Waals surface area contributed by atoms with E-state index in [0.29, 0.717) is 0 Å². The molecule has 2 nitrogen and oxygen atoms in total. The van der Waals surface area contributed by atoms with Gasteiger partial charge in [-0.25, -0.2) is 0 Å². The fourth-order valence-electron chi connectivity index (χ4n) is 3.53. The Kier molecular flexibility index (Phi) is 4.74. The van der Waals surface area contributed by atoms with Crippen molar-refractivity contribution in [3.63, 3.8) is 0 Å². The fourth-order valence-corrected chi connectivity index (χ4v) is 3.53. The molecule has 22 heavy (non-hydrogen) atoms. The van der Waals surface area contributed by atoms with Crippen molar-refractivity contribution < 1.29 is 0 Å². The zero-order valence-corrected chi connectivity index (χ0v) is 14.1. The van der Waals surface area contributed by atoms with Gasteiger partial charge in [0.1, 0.15) is 0 Å². The molecule has 0 aliphatic carbocycles. The molecular weight excluding hydrogens is 268 g/mol. The molecule has 2 aromatic carbocycles. The van der Waals surface area contributed by atoms with Crippen LogP contribution in [0.5, 0.6) is 0 Å². The predicted octanol–water partition coefficient (Wildman–Crippen LogP) is 4.03. The molecule has 0 heterocycles. The summed E-state index contributed by atoms with van der Waals surface area (Å²) in [5.74, 6) is 0.285. The molecule has 0 spiro atoms. The maximum absolute atomic E-state index is 7.00. The lowest BCUT2D eigenvalue weighted by atomic mass is 9.61. The Bertz CT molecular complexity index is 539. The molecule has 0 aliphatic heterocycles. The van der Waals surface area contributed by atoms with Gasteiger partial charge in [0.2, 0.25) is 0 Å². The van der Waals surface area contributed by atoms with Gasteiger partial charge in [-0.05, 0) is 25.0 Å². The van der Waals surface area contributed by atoms with Crippen LogP contribution < -0.4 is 11.5 Å². The molecule has 0 aromatic heterocycles. The molecule has 2 heteroatoms. The van der Waals surface area contributed by atoms with Crippen LogP contribution in [0.3, 0.4) is 0 Å². The summed E-state index contributed by atoms with van der Waals surface area (Å²) in [5, 5.41) is 0. The van der Waals surface area contributed by atoms with E-state index in [0.717, 1.165) is 0 Å². The van der Waals surface area contributed by atoms with Gasteiger partial charge in [-0.1, -0.05) is 74.5 Å². The van der Waals surface area contributed by atoms with E-state index in [9.17, 15) is 0 Å². The van der Waals surface area contributed by atoms with Gasteiger partial charge in [-0.2, -0.15) is 0 Å². The van der Waals surface area contributed by atoms with Crippen LogP contribution in [0.2, 0.25) is 0 Å². The Morgan fingerprint density at radius 2 is 1.00 bits per heavy atom. The van der Waals surface area contributed by atoms with Crippen LogP contribution >= 0.6 is 0 Å². The van der Waals surface area contributed by atoms with Crippen LogP contribution in [0, 0.1) is 0 Å². The number of rotatable bonds is 5. The summed E-state index contributed by atoms with van der Waals surface area (Å²) in [7, 11) is 0. The van der Waals surface area contributed by atoms with Crippen molar-refractivity contribution in [2.24, 2.45) is 11.5 Å². The minimum Gasteiger partial charge on any atom is -0.324 e. The summed E-state index contributed by atoms with van der Waals surface area (Å²) in [6.45, 7) is 8.44. The Hall–Kier alpha value is -1.64. The number of hydrogen-bond donors (Lipinski definition) is 2. The first-order valence-corrected chi connectivity index (χ1v) is 7.96. The van der Waals surface area contributed by atoms with Crippen molar-refractivity contribution in [1.29, 1.82) is 0 Å². The van der Waals surface area contributed by atoms with Crippen LogP contribution in [-0.4, -0.2) is 11.1 Å². The zero-order chi connectivity index (χ0) is 16.4. The summed E-state index contributed by atoms with van der Waals surface area (Å²) in [5.41, 5.74) is 14.9. The molecule has 2 rings (SSSR count). The highest BCUT2D eigenvalue weighted by molar-refractivity contribution is 5.33. The molecule has 0 aliphatic rings. The molecule has 2 unspecified atom stereocenters. The van der Waals surface area contributed by atoms with Crippen LogP contribution in [0.25, 0.3) is 0 Å². The molecule has 2 aromatic rings. The molecule has 0 radical (unpaired) electrons. The SMILES string of the molecule is CC(c1ccccc1)C(N)(C(C)c1ccccc1)C(C)(C)N. The fraction of sp³-hybridized carbons (Fsp3) is 0.400. The summed E-state index contributed by atoms with van der Waals surface area (Å²) in [6, 6.07) is 20.8. The van der Waals surface area contributed by atoms with Gasteiger partial charge in [0.25, 0.3) is 0 Å². The predicted molar refractivity (Wildman–Crippen MR) is 94.9 cm³/mol. The van der Waals surface area contributed by atoms with E-state index in [1.165, 1.54) is 11.1 Å². The number of hydrogen-bond acceptors (Lipinski definition) is 2. The quantitative estimate of drug-likeness (QED) is 0.875. The van der Waals surface area contributed by atoms with Crippen molar-refractivity contribution in [2.45, 2.75) is 50.6 Å². The van der Waals surface area contributed by atoms with E-state index in [2.05, 4.69) is 62.4 Å². The van der Waals surface area contributed by atoms with Crippen molar-refractivity contribution in [1.82, 2.24) is 0 Å². The standard InChI is InChI=1S/C20H28N2/c1-15(17-11-7-5-8-12-17)20(22,19(3,4)21)16(2)18-13-9-6-10-14-18/h5-16H,21-22H2,1-4H3. The van der Waals surface area contributed by atoms with Crippen LogP contribution in [0.4, 0.5) is 0 Å². The van der Waals surface area contributed by atoms with Crippen molar-refractivity contribution >= 4 is 0 Å². The third-order valence-corrected chi connectivity index (χ3v) is 5.15. The first-order valence-electron chi connectivity index (χ1n) is 7.96. The minimum absolute atomic E-state index is 0.143. The molecule has 2 atom stereocenters. The Balaban J connectivity index is 2.49. The molecule has 4 N–H and O–H groups in total. The Morgan fingerprint density at radius 3 is 1.27 bits per heavy atom. The second kappa shape index (κ2) is 6.23. The summed E-state index contributed by atoms with van der Waals surface area (Å²) < 4.78 is 0. The molecule has 118 valence electrons. The van der Waals surface area contributed by atoms with Crippen molar-refractivity contribution in [3.8, 4) is 0 Å². The van der Waals surface area contributed by atoms with E-state index < -0.39 is 11.1 Å². The van der Waals surface area contributed by atoms with E-state index >= 15 is 0 Å². The summed E-state index contributed by atoms with van der Waals surface area (Å²) >= 11 is 0. The van der Waals surface area contributed by atoms with E-state index in [4.69, 9.17) is 11.5 Å². The van der Waals surface area contributed by atoms with Gasteiger partial charge in [0, 0.05) is 22.9 Å². The van der Waals surface area contributed by atoms with Gasteiger partial charge in [0.15, 0.2) is 0 Å². The van der Waals surface area contributed by atoms with Crippen LogP contribution in [0.1, 0.15) is 50.7 Å². The second-order valence-corrected chi connectivity index (χ2v) is 6.92. The lowest BCUT2D eigenvalue weighted by molar-refractivity contribution is 0.185. The summed E-state index contributed by atoms with van der Waals surface area (Å²) in [4.78, 5) is 0. The van der Waals surface area contributed by atoms with Crippen LogP contribution in [0.15, 0.2) is 60.7 Å². The largest absolute Gasteiger partial charge is 0.324 e. The Labute approximate surface area is 134 Å². The summed E-state index contributed by atoms with van der Waals surface area (Å²) in [6.07, 6.45) is 0. The number of nitrogens with two attached hydrogens (primary N) is 2. The highest BCUT2D eigenvalue weighted by Crippen LogP contribution is 2.43. The van der Waals surface area contributed by atoms with Gasteiger partial charge in [-0.3, -0.25) is 0 Å². The highest BCUT2D eigenvalue weighted by atomic mass is 14.9. The van der Waals surface area contributed by atoms with E-state index in [1.807, 2.05) is 26.0 Å². The van der Waals surface area contributed by atoms with Gasteiger partial charge < -0.3 is 11.5 Å². The highest BCUT2D eigenvalue weighted by Gasteiger charge is 2.48. The van der Waals surface area contributed by atoms with E-state index in [-0.39, 0.29) is 11.8 Å². The smallest absolute Gasteiger partial charge is 0.0464 e. The maximum Gasteiger partial charge on any atom is 0.0464 e. The second-order valence-electron chi connectivity index (χ2n) is 6.92. The topological polar surface area (TPSA) is 52.0 Å².